The Bertz CT molecular complexity index is 379. The van der Waals surface area contributed by atoms with Crippen molar-refractivity contribution in [3.63, 3.8) is 0 Å². The van der Waals surface area contributed by atoms with Crippen molar-refractivity contribution in [2.45, 2.75) is 32.2 Å². The molecule has 1 rings (SSSR count). The van der Waals surface area contributed by atoms with E-state index in [2.05, 4.69) is 5.32 Å². The maximum atomic E-state index is 11.6. The topological polar surface area (TPSA) is 84.6 Å². The number of carbonyl (C=O) groups is 1. The van der Waals surface area contributed by atoms with Gasteiger partial charge < -0.3 is 20.9 Å². The molecule has 0 saturated heterocycles. The maximum absolute atomic E-state index is 11.6. The predicted octanol–water partition coefficient (Wildman–Crippen LogP) is 1.31. The second kappa shape index (κ2) is 8.37. The molecule has 0 spiro atoms. The number of hydrogen-bond donors (Lipinski definition) is 3. The van der Waals surface area contributed by atoms with Crippen molar-refractivity contribution in [2.24, 2.45) is 0 Å². The molecule has 0 aliphatic carbocycles. The summed E-state index contributed by atoms with van der Waals surface area (Å²) in [7, 11) is 0. The van der Waals surface area contributed by atoms with Crippen LogP contribution in [0.3, 0.4) is 0 Å². The van der Waals surface area contributed by atoms with Crippen molar-refractivity contribution < 1.29 is 14.6 Å². The van der Waals surface area contributed by atoms with E-state index in [4.69, 9.17) is 15.6 Å². The number of benzene rings is 1. The number of anilines is 1. The largest absolute Gasteiger partial charge is 0.493 e. The number of nitrogens with two attached hydrogens (primary N) is 1. The summed E-state index contributed by atoms with van der Waals surface area (Å²) in [5.74, 6) is 0.639. The highest BCUT2D eigenvalue weighted by Gasteiger charge is 2.09. The lowest BCUT2D eigenvalue weighted by atomic mass is 10.1. The lowest BCUT2D eigenvalue weighted by Crippen LogP contribution is -2.35. The van der Waals surface area contributed by atoms with Crippen LogP contribution in [0.5, 0.6) is 5.75 Å². The Kier molecular flexibility index (Phi) is 6.74. The van der Waals surface area contributed by atoms with E-state index in [-0.39, 0.29) is 18.6 Å². The Labute approximate surface area is 113 Å². The fraction of sp³-hybridized carbons (Fsp3) is 0.500. The van der Waals surface area contributed by atoms with Crippen LogP contribution >= 0.6 is 0 Å². The molecule has 0 bridgehead atoms. The van der Waals surface area contributed by atoms with Gasteiger partial charge in [0.25, 0.3) is 0 Å². The van der Waals surface area contributed by atoms with Crippen LogP contribution in [0.4, 0.5) is 5.69 Å². The van der Waals surface area contributed by atoms with Crippen molar-refractivity contribution in [1.82, 2.24) is 5.32 Å². The number of nitrogen functional groups attached to an aromatic ring is 1. The fourth-order valence-electron chi connectivity index (χ4n) is 1.66. The zero-order valence-corrected chi connectivity index (χ0v) is 11.3. The summed E-state index contributed by atoms with van der Waals surface area (Å²) in [5.41, 5.74) is 6.24. The van der Waals surface area contributed by atoms with Gasteiger partial charge in [0.15, 0.2) is 0 Å². The number of amides is 1. The lowest BCUT2D eigenvalue weighted by molar-refractivity contribution is -0.122. The summed E-state index contributed by atoms with van der Waals surface area (Å²) >= 11 is 0. The zero-order valence-electron chi connectivity index (χ0n) is 11.3. The molecule has 1 aromatic rings. The van der Waals surface area contributed by atoms with E-state index in [1.165, 1.54) is 0 Å². The SMILES string of the molecule is CCC(CCO)NC(=O)CCOc1ccc(N)cc1. The molecule has 106 valence electrons. The van der Waals surface area contributed by atoms with Crippen LogP contribution in [0.2, 0.25) is 0 Å². The zero-order chi connectivity index (χ0) is 14.1. The van der Waals surface area contributed by atoms with Gasteiger partial charge in [0.1, 0.15) is 5.75 Å². The number of aliphatic hydroxyl groups excluding tert-OH is 1. The molecule has 0 saturated carbocycles. The highest BCUT2D eigenvalue weighted by molar-refractivity contribution is 5.76. The molecule has 1 amide bonds. The van der Waals surface area contributed by atoms with Gasteiger partial charge in [-0.1, -0.05) is 6.92 Å². The van der Waals surface area contributed by atoms with Gasteiger partial charge in [-0.3, -0.25) is 4.79 Å². The average Bonchev–Trinajstić information content (AvgIpc) is 2.40. The molecule has 1 aromatic carbocycles. The molecular formula is C14H22N2O3. The second-order valence-electron chi connectivity index (χ2n) is 4.35. The van der Waals surface area contributed by atoms with Crippen LogP contribution in [0.25, 0.3) is 0 Å². The average molecular weight is 266 g/mol. The van der Waals surface area contributed by atoms with Gasteiger partial charge >= 0.3 is 0 Å². The fourth-order valence-corrected chi connectivity index (χ4v) is 1.66. The first kappa shape index (κ1) is 15.3. The predicted molar refractivity (Wildman–Crippen MR) is 74.9 cm³/mol. The number of rotatable bonds is 8. The number of hydrogen-bond acceptors (Lipinski definition) is 4. The van der Waals surface area contributed by atoms with E-state index in [9.17, 15) is 4.79 Å². The van der Waals surface area contributed by atoms with E-state index >= 15 is 0 Å². The smallest absolute Gasteiger partial charge is 0.223 e. The van der Waals surface area contributed by atoms with E-state index < -0.39 is 0 Å². The van der Waals surface area contributed by atoms with Gasteiger partial charge in [0.05, 0.1) is 13.0 Å². The third kappa shape index (κ3) is 6.10. The van der Waals surface area contributed by atoms with E-state index in [1.807, 2.05) is 6.92 Å². The number of nitrogens with one attached hydrogen (secondary N) is 1. The third-order valence-electron chi connectivity index (χ3n) is 2.81. The van der Waals surface area contributed by atoms with Crippen molar-refractivity contribution in [3.8, 4) is 5.75 Å². The molecule has 0 fully saturated rings. The first-order valence-corrected chi connectivity index (χ1v) is 6.54. The van der Waals surface area contributed by atoms with Gasteiger partial charge in [0, 0.05) is 18.3 Å². The summed E-state index contributed by atoms with van der Waals surface area (Å²) in [6.45, 7) is 2.39. The van der Waals surface area contributed by atoms with Crippen LogP contribution < -0.4 is 15.8 Å². The number of carbonyl (C=O) groups excluding carboxylic acids is 1. The standard InChI is InChI=1S/C14H22N2O3/c1-2-12(7-9-17)16-14(18)8-10-19-13-5-3-11(15)4-6-13/h3-6,12,17H,2,7-10,15H2,1H3,(H,16,18). The molecule has 1 unspecified atom stereocenters. The van der Waals surface area contributed by atoms with E-state index in [0.29, 0.717) is 30.9 Å². The van der Waals surface area contributed by atoms with Crippen LogP contribution in [0, 0.1) is 0 Å². The maximum Gasteiger partial charge on any atom is 0.223 e. The summed E-state index contributed by atoms with van der Waals surface area (Å²) in [6.07, 6.45) is 1.69. The molecule has 0 radical (unpaired) electrons. The number of aliphatic hydroxyl groups is 1. The number of ether oxygens (including phenoxy) is 1. The van der Waals surface area contributed by atoms with E-state index in [0.717, 1.165) is 6.42 Å². The summed E-state index contributed by atoms with van der Waals surface area (Å²) in [6, 6.07) is 7.09. The summed E-state index contributed by atoms with van der Waals surface area (Å²) in [5, 5.41) is 11.7. The van der Waals surface area contributed by atoms with Gasteiger partial charge in [0.2, 0.25) is 5.91 Å². The van der Waals surface area contributed by atoms with Crippen molar-refractivity contribution in [2.75, 3.05) is 18.9 Å². The molecule has 19 heavy (non-hydrogen) atoms. The molecule has 4 N–H and O–H groups in total. The molecule has 1 atom stereocenters. The quantitative estimate of drug-likeness (QED) is 0.619. The Balaban J connectivity index is 2.24. The van der Waals surface area contributed by atoms with E-state index in [1.54, 1.807) is 24.3 Å². The van der Waals surface area contributed by atoms with Gasteiger partial charge in [-0.15, -0.1) is 0 Å². The Morgan fingerprint density at radius 3 is 2.68 bits per heavy atom. The molecule has 0 aliphatic rings. The first-order chi connectivity index (χ1) is 9.15. The molecule has 0 aromatic heterocycles. The molecular weight excluding hydrogens is 244 g/mol. The van der Waals surface area contributed by atoms with Crippen LogP contribution in [-0.2, 0) is 4.79 Å². The molecule has 0 aliphatic heterocycles. The summed E-state index contributed by atoms with van der Waals surface area (Å²) in [4.78, 5) is 11.6. The highest BCUT2D eigenvalue weighted by Crippen LogP contribution is 2.13. The normalized spacial score (nSPS) is 11.9. The van der Waals surface area contributed by atoms with Crippen LogP contribution in [-0.4, -0.2) is 30.3 Å². The lowest BCUT2D eigenvalue weighted by Gasteiger charge is -2.15. The Morgan fingerprint density at radius 2 is 2.11 bits per heavy atom. The Morgan fingerprint density at radius 1 is 1.42 bits per heavy atom. The molecule has 5 heteroatoms. The summed E-state index contributed by atoms with van der Waals surface area (Å²) < 4.78 is 5.44. The van der Waals surface area contributed by atoms with Crippen LogP contribution in [0.15, 0.2) is 24.3 Å². The third-order valence-corrected chi connectivity index (χ3v) is 2.81. The van der Waals surface area contributed by atoms with Gasteiger partial charge in [-0.2, -0.15) is 0 Å². The van der Waals surface area contributed by atoms with Crippen molar-refractivity contribution in [1.29, 1.82) is 0 Å². The van der Waals surface area contributed by atoms with Gasteiger partial charge in [-0.05, 0) is 37.1 Å². The van der Waals surface area contributed by atoms with Crippen molar-refractivity contribution in [3.05, 3.63) is 24.3 Å². The minimum atomic E-state index is -0.0595. The van der Waals surface area contributed by atoms with Gasteiger partial charge in [-0.25, -0.2) is 0 Å². The monoisotopic (exact) mass is 266 g/mol. The minimum Gasteiger partial charge on any atom is -0.493 e. The molecule has 0 heterocycles. The first-order valence-electron chi connectivity index (χ1n) is 6.54. The minimum absolute atomic E-state index is 0.0361. The second-order valence-corrected chi connectivity index (χ2v) is 4.35. The highest BCUT2D eigenvalue weighted by atomic mass is 16.5. The Hall–Kier alpha value is -1.75. The molecule has 5 nitrogen and oxygen atoms in total. The van der Waals surface area contributed by atoms with Crippen LogP contribution in [0.1, 0.15) is 26.2 Å². The van der Waals surface area contributed by atoms with Crippen molar-refractivity contribution >= 4 is 11.6 Å².